The number of aliphatic hydroxyl groups excluding tert-OH is 1. The van der Waals surface area contributed by atoms with Crippen molar-refractivity contribution in [3.05, 3.63) is 24.3 Å². The van der Waals surface area contributed by atoms with E-state index in [0.717, 1.165) is 32.1 Å². The Hall–Kier alpha value is -0.600. The lowest BCUT2D eigenvalue weighted by Gasteiger charge is -2.22. The smallest absolute Gasteiger partial charge is 0.0799 e. The molecule has 0 heterocycles. The van der Waals surface area contributed by atoms with Crippen molar-refractivity contribution in [1.82, 2.24) is 0 Å². The summed E-state index contributed by atoms with van der Waals surface area (Å²) in [5, 5.41) is 20.6. The number of hydrogen-bond acceptors (Lipinski definition) is 2. The second kappa shape index (κ2) is 6.44. The van der Waals surface area contributed by atoms with E-state index in [4.69, 9.17) is 0 Å². The fraction of sp³-hybridized carbons (Fsp3) is 0.778. The average Bonchev–Trinajstić information content (AvgIpc) is 2.82. The van der Waals surface area contributed by atoms with E-state index in [9.17, 15) is 10.2 Å². The maximum atomic E-state index is 10.4. The molecule has 0 amide bonds. The predicted octanol–water partition coefficient (Wildman–Crippen LogP) is 3.84. The van der Waals surface area contributed by atoms with Gasteiger partial charge in [0.15, 0.2) is 0 Å². The van der Waals surface area contributed by atoms with Crippen LogP contribution in [0.3, 0.4) is 0 Å². The van der Waals surface area contributed by atoms with Crippen LogP contribution in [0.25, 0.3) is 0 Å². The largest absolute Gasteiger partial charge is 0.392 e. The number of allylic oxidation sites excluding steroid dienone is 1. The molecule has 0 aromatic rings. The van der Waals surface area contributed by atoms with Crippen LogP contribution in [0.5, 0.6) is 0 Å². The third-order valence-corrected chi connectivity index (χ3v) is 5.13. The molecule has 0 aromatic carbocycles. The highest BCUT2D eigenvalue weighted by Crippen LogP contribution is 2.50. The van der Waals surface area contributed by atoms with E-state index in [1.54, 1.807) is 0 Å². The molecule has 20 heavy (non-hydrogen) atoms. The first kappa shape index (κ1) is 15.8. The molecule has 2 rings (SSSR count). The summed E-state index contributed by atoms with van der Waals surface area (Å²) in [4.78, 5) is 0. The molecule has 2 N–H and O–H groups in total. The topological polar surface area (TPSA) is 40.5 Å². The van der Waals surface area contributed by atoms with Crippen LogP contribution < -0.4 is 0 Å². The van der Waals surface area contributed by atoms with E-state index in [-0.39, 0.29) is 12.0 Å². The summed E-state index contributed by atoms with van der Waals surface area (Å²) in [5.41, 5.74) is 0.600. The monoisotopic (exact) mass is 278 g/mol. The van der Waals surface area contributed by atoms with Gasteiger partial charge in [0.1, 0.15) is 0 Å². The zero-order chi connectivity index (χ0) is 14.8. The first-order valence-corrected chi connectivity index (χ1v) is 8.19. The van der Waals surface area contributed by atoms with Crippen molar-refractivity contribution >= 4 is 0 Å². The Kier molecular flexibility index (Phi) is 5.09. The zero-order valence-corrected chi connectivity index (χ0v) is 13.0. The van der Waals surface area contributed by atoms with Gasteiger partial charge in [0.25, 0.3) is 0 Å². The second-order valence-corrected chi connectivity index (χ2v) is 7.14. The predicted molar refractivity (Wildman–Crippen MR) is 83.4 cm³/mol. The minimum Gasteiger partial charge on any atom is -0.392 e. The molecule has 0 aromatic heterocycles. The van der Waals surface area contributed by atoms with E-state index >= 15 is 0 Å². The maximum absolute atomic E-state index is 10.4. The first-order chi connectivity index (χ1) is 9.43. The van der Waals surface area contributed by atoms with Crippen molar-refractivity contribution < 1.29 is 10.2 Å². The van der Waals surface area contributed by atoms with Crippen molar-refractivity contribution in [3.8, 4) is 0 Å². The molecule has 2 fully saturated rings. The first-order valence-electron chi connectivity index (χ1n) is 8.19. The SMILES string of the molecule is C=C1C[C@H]2C[C@@H](O)[C@H](C=C[C@@](C)(O)CCCCC)[C@@H]2C1. The fourth-order valence-corrected chi connectivity index (χ4v) is 3.97. The summed E-state index contributed by atoms with van der Waals surface area (Å²) >= 11 is 0. The Morgan fingerprint density at radius 3 is 2.80 bits per heavy atom. The number of unbranched alkanes of at least 4 members (excludes halogenated alkanes) is 2. The molecule has 0 spiro atoms. The highest BCUT2D eigenvalue weighted by Gasteiger charge is 2.44. The van der Waals surface area contributed by atoms with Gasteiger partial charge in [-0.1, -0.05) is 50.5 Å². The number of rotatable bonds is 6. The Morgan fingerprint density at radius 1 is 1.35 bits per heavy atom. The van der Waals surface area contributed by atoms with E-state index < -0.39 is 5.60 Å². The number of hydrogen-bond donors (Lipinski definition) is 2. The van der Waals surface area contributed by atoms with Gasteiger partial charge in [-0.15, -0.1) is 0 Å². The molecule has 0 aliphatic heterocycles. The molecular weight excluding hydrogens is 248 g/mol. The summed E-state index contributed by atoms with van der Waals surface area (Å²) in [6.07, 6.45) is 11.0. The molecule has 0 bridgehead atoms. The molecule has 0 saturated heterocycles. The van der Waals surface area contributed by atoms with Gasteiger partial charge < -0.3 is 10.2 Å². The number of fused-ring (bicyclic) bond motifs is 1. The molecule has 2 aliphatic rings. The highest BCUT2D eigenvalue weighted by atomic mass is 16.3. The summed E-state index contributed by atoms with van der Waals surface area (Å²) < 4.78 is 0. The van der Waals surface area contributed by atoms with E-state index in [2.05, 4.69) is 19.6 Å². The molecule has 0 unspecified atom stereocenters. The second-order valence-electron chi connectivity index (χ2n) is 7.14. The van der Waals surface area contributed by atoms with Gasteiger partial charge in [0.2, 0.25) is 0 Å². The normalized spacial score (nSPS) is 36.5. The van der Waals surface area contributed by atoms with Gasteiger partial charge in [-0.2, -0.15) is 0 Å². The van der Waals surface area contributed by atoms with E-state index in [0.29, 0.717) is 11.8 Å². The van der Waals surface area contributed by atoms with Crippen LogP contribution in [0, 0.1) is 17.8 Å². The minimum absolute atomic E-state index is 0.205. The van der Waals surface area contributed by atoms with Crippen LogP contribution in [0.1, 0.15) is 58.8 Å². The highest BCUT2D eigenvalue weighted by molar-refractivity contribution is 5.16. The lowest BCUT2D eigenvalue weighted by atomic mass is 9.88. The lowest BCUT2D eigenvalue weighted by Crippen LogP contribution is -2.23. The Bertz CT molecular complexity index is 370. The Labute approximate surface area is 123 Å². The summed E-state index contributed by atoms with van der Waals surface area (Å²) in [6.45, 7) is 8.15. The summed E-state index contributed by atoms with van der Waals surface area (Å²) in [7, 11) is 0. The number of aliphatic hydroxyl groups is 2. The molecule has 5 atom stereocenters. The Morgan fingerprint density at radius 2 is 2.10 bits per heavy atom. The molecule has 2 heteroatoms. The van der Waals surface area contributed by atoms with Crippen LogP contribution in [-0.4, -0.2) is 21.9 Å². The van der Waals surface area contributed by atoms with Gasteiger partial charge in [-0.25, -0.2) is 0 Å². The van der Waals surface area contributed by atoms with Crippen LogP contribution in [0.4, 0.5) is 0 Å². The minimum atomic E-state index is -0.734. The van der Waals surface area contributed by atoms with Crippen LogP contribution in [-0.2, 0) is 0 Å². The van der Waals surface area contributed by atoms with Crippen LogP contribution in [0.2, 0.25) is 0 Å². The van der Waals surface area contributed by atoms with Gasteiger partial charge >= 0.3 is 0 Å². The molecular formula is C18H30O2. The van der Waals surface area contributed by atoms with E-state index in [1.165, 1.54) is 18.4 Å². The molecule has 114 valence electrons. The van der Waals surface area contributed by atoms with Crippen LogP contribution >= 0.6 is 0 Å². The molecule has 0 radical (unpaired) electrons. The third kappa shape index (κ3) is 3.73. The fourth-order valence-electron chi connectivity index (χ4n) is 3.97. The van der Waals surface area contributed by atoms with Gasteiger partial charge in [-0.05, 0) is 44.4 Å². The summed E-state index contributed by atoms with van der Waals surface area (Å²) in [5.74, 6) is 1.36. The van der Waals surface area contributed by atoms with Crippen molar-refractivity contribution in [2.24, 2.45) is 17.8 Å². The standard InChI is InChI=1S/C18H30O2/c1-4-5-6-8-18(3,20)9-7-15-16-11-13(2)10-14(16)12-17(15)19/h7,9,14-17,19-20H,2,4-6,8,10-12H2,1,3H3/t14-,15+,16+,17+,18-/m0/s1. The van der Waals surface area contributed by atoms with Crippen LogP contribution in [0.15, 0.2) is 24.3 Å². The third-order valence-electron chi connectivity index (χ3n) is 5.13. The van der Waals surface area contributed by atoms with Crippen molar-refractivity contribution in [3.63, 3.8) is 0 Å². The molecule has 2 saturated carbocycles. The zero-order valence-electron chi connectivity index (χ0n) is 13.0. The quantitative estimate of drug-likeness (QED) is 0.572. The summed E-state index contributed by atoms with van der Waals surface area (Å²) in [6, 6.07) is 0. The van der Waals surface area contributed by atoms with E-state index in [1.807, 2.05) is 13.0 Å². The van der Waals surface area contributed by atoms with Crippen molar-refractivity contribution in [1.29, 1.82) is 0 Å². The lowest BCUT2D eigenvalue weighted by molar-refractivity contribution is 0.0957. The maximum Gasteiger partial charge on any atom is 0.0799 e. The molecule has 2 aliphatic carbocycles. The van der Waals surface area contributed by atoms with Crippen molar-refractivity contribution in [2.75, 3.05) is 0 Å². The Balaban J connectivity index is 1.94. The van der Waals surface area contributed by atoms with Crippen molar-refractivity contribution in [2.45, 2.75) is 70.5 Å². The molecule has 2 nitrogen and oxygen atoms in total. The van der Waals surface area contributed by atoms with Gasteiger partial charge in [0.05, 0.1) is 11.7 Å². The average molecular weight is 278 g/mol. The van der Waals surface area contributed by atoms with Gasteiger partial charge in [-0.3, -0.25) is 0 Å². The van der Waals surface area contributed by atoms with Gasteiger partial charge in [0, 0.05) is 5.92 Å².